The second-order valence-electron chi connectivity index (χ2n) is 7.97. The lowest BCUT2D eigenvalue weighted by Crippen LogP contribution is -2.39. The minimum absolute atomic E-state index is 0.0570. The van der Waals surface area contributed by atoms with Crippen LogP contribution in [-0.4, -0.2) is 62.8 Å². The van der Waals surface area contributed by atoms with E-state index in [1.807, 2.05) is 29.2 Å². The molecule has 1 aromatic carbocycles. The van der Waals surface area contributed by atoms with Crippen LogP contribution < -0.4 is 20.9 Å². The van der Waals surface area contributed by atoms with Gasteiger partial charge in [0.2, 0.25) is 5.95 Å². The van der Waals surface area contributed by atoms with Crippen molar-refractivity contribution in [1.82, 2.24) is 18.7 Å². The minimum atomic E-state index is -0.889. The Morgan fingerprint density at radius 1 is 1.19 bits per heavy atom. The Hall–Kier alpha value is -3.11. The van der Waals surface area contributed by atoms with E-state index in [4.69, 9.17) is 9.47 Å². The molecule has 0 bridgehead atoms. The summed E-state index contributed by atoms with van der Waals surface area (Å²) in [5.41, 5.74) is 0.835. The van der Waals surface area contributed by atoms with E-state index in [0.29, 0.717) is 43.6 Å². The summed E-state index contributed by atoms with van der Waals surface area (Å²) in [6, 6.07) is 7.74. The second-order valence-corrected chi connectivity index (χ2v) is 7.97. The van der Waals surface area contributed by atoms with E-state index < -0.39 is 17.4 Å². The number of ether oxygens (including phenoxy) is 2. The standard InChI is InChI=1S/C22H29N5O5/c1-4-15-6-5-7-17(12-15)32-14-16(28)13-27-18-19(24(2)22(30)25(3)20(18)29)23-21(27)26-8-10-31-11-9-26/h5-7,12,16,28H,4,8-11,13-14H2,1-3H3/t16-/m0/s1. The first-order valence-electron chi connectivity index (χ1n) is 10.8. The number of nitrogens with zero attached hydrogens (tertiary/aromatic N) is 5. The Kier molecular flexibility index (Phi) is 6.33. The van der Waals surface area contributed by atoms with Crippen LogP contribution in [0.4, 0.5) is 5.95 Å². The number of hydrogen-bond acceptors (Lipinski definition) is 7. The summed E-state index contributed by atoms with van der Waals surface area (Å²) in [5.74, 6) is 1.22. The topological polar surface area (TPSA) is 104 Å². The number of imidazole rings is 1. The van der Waals surface area contributed by atoms with Gasteiger partial charge in [0.25, 0.3) is 5.56 Å². The Balaban J connectivity index is 1.67. The van der Waals surface area contributed by atoms with Crippen LogP contribution in [0.3, 0.4) is 0 Å². The first-order valence-corrected chi connectivity index (χ1v) is 10.8. The lowest BCUT2D eigenvalue weighted by atomic mass is 10.2. The van der Waals surface area contributed by atoms with Crippen molar-refractivity contribution in [2.45, 2.75) is 26.0 Å². The number of morpholine rings is 1. The maximum absolute atomic E-state index is 13.0. The van der Waals surface area contributed by atoms with Crippen LogP contribution in [0.2, 0.25) is 0 Å². The van der Waals surface area contributed by atoms with Crippen molar-refractivity contribution >= 4 is 17.1 Å². The molecule has 3 aromatic rings. The molecule has 32 heavy (non-hydrogen) atoms. The zero-order valence-corrected chi connectivity index (χ0v) is 18.7. The van der Waals surface area contributed by atoms with Gasteiger partial charge in [-0.3, -0.25) is 13.9 Å². The second kappa shape index (κ2) is 9.17. The van der Waals surface area contributed by atoms with Crippen LogP contribution >= 0.6 is 0 Å². The number of hydrogen-bond donors (Lipinski definition) is 1. The third-order valence-electron chi connectivity index (χ3n) is 5.76. The fraction of sp³-hybridized carbons (Fsp3) is 0.500. The average Bonchev–Trinajstić information content (AvgIpc) is 3.20. The lowest BCUT2D eigenvalue weighted by Gasteiger charge is -2.28. The van der Waals surface area contributed by atoms with Crippen LogP contribution in [0.25, 0.3) is 11.2 Å². The first-order chi connectivity index (χ1) is 15.4. The van der Waals surface area contributed by atoms with E-state index >= 15 is 0 Å². The summed E-state index contributed by atoms with van der Waals surface area (Å²) < 4.78 is 15.3. The van der Waals surface area contributed by atoms with Crippen molar-refractivity contribution in [3.8, 4) is 5.75 Å². The molecule has 1 saturated heterocycles. The molecule has 172 valence electrons. The highest BCUT2D eigenvalue weighted by Gasteiger charge is 2.25. The molecule has 1 fully saturated rings. The first kappa shape index (κ1) is 22.1. The molecule has 0 aliphatic carbocycles. The van der Waals surface area contributed by atoms with Crippen molar-refractivity contribution < 1.29 is 14.6 Å². The summed E-state index contributed by atoms with van der Waals surface area (Å²) >= 11 is 0. The van der Waals surface area contributed by atoms with Crippen LogP contribution in [0.5, 0.6) is 5.75 Å². The summed E-state index contributed by atoms with van der Waals surface area (Å²) in [7, 11) is 3.03. The highest BCUT2D eigenvalue weighted by atomic mass is 16.5. The van der Waals surface area contributed by atoms with E-state index in [-0.39, 0.29) is 18.7 Å². The predicted octanol–water partition coefficient (Wildman–Crippen LogP) is 0.273. The summed E-state index contributed by atoms with van der Waals surface area (Å²) in [6.07, 6.45) is 0.00512. The van der Waals surface area contributed by atoms with Gasteiger partial charge in [-0.25, -0.2) is 4.79 Å². The summed E-state index contributed by atoms with van der Waals surface area (Å²) in [5, 5.41) is 10.8. The minimum Gasteiger partial charge on any atom is -0.491 e. The molecule has 10 heteroatoms. The van der Waals surface area contributed by atoms with Gasteiger partial charge >= 0.3 is 5.69 Å². The molecule has 3 heterocycles. The lowest BCUT2D eigenvalue weighted by molar-refractivity contribution is 0.0927. The fourth-order valence-corrected chi connectivity index (χ4v) is 3.92. The van der Waals surface area contributed by atoms with E-state index in [1.54, 1.807) is 11.6 Å². The zero-order chi connectivity index (χ0) is 22.8. The number of aliphatic hydroxyl groups excluding tert-OH is 1. The average molecular weight is 444 g/mol. The van der Waals surface area contributed by atoms with Gasteiger partial charge in [0, 0.05) is 27.2 Å². The quantitative estimate of drug-likeness (QED) is 0.559. The maximum atomic E-state index is 13.0. The summed E-state index contributed by atoms with van der Waals surface area (Å²) in [6.45, 7) is 4.52. The third-order valence-corrected chi connectivity index (χ3v) is 5.76. The molecule has 0 unspecified atom stereocenters. The Labute approximate surface area is 185 Å². The van der Waals surface area contributed by atoms with Gasteiger partial charge in [-0.2, -0.15) is 4.98 Å². The van der Waals surface area contributed by atoms with E-state index in [1.165, 1.54) is 11.6 Å². The molecular formula is C22H29N5O5. The Morgan fingerprint density at radius 2 is 1.94 bits per heavy atom. The SMILES string of the molecule is CCc1cccc(OC[C@@H](O)Cn2c(N3CCOCC3)nc3c2c(=O)n(C)c(=O)n3C)c1. The molecule has 0 spiro atoms. The van der Waals surface area contributed by atoms with Crippen molar-refractivity contribution in [3.63, 3.8) is 0 Å². The molecule has 2 aromatic heterocycles. The van der Waals surface area contributed by atoms with Gasteiger partial charge < -0.3 is 24.0 Å². The molecule has 4 rings (SSSR count). The monoisotopic (exact) mass is 443 g/mol. The number of aryl methyl sites for hydroxylation is 2. The largest absolute Gasteiger partial charge is 0.491 e. The fourth-order valence-electron chi connectivity index (χ4n) is 3.92. The number of aliphatic hydroxyl groups is 1. The number of aromatic nitrogens is 4. The number of benzene rings is 1. The highest BCUT2D eigenvalue weighted by Crippen LogP contribution is 2.22. The van der Waals surface area contributed by atoms with Crippen LogP contribution in [-0.2, 0) is 31.8 Å². The molecule has 1 atom stereocenters. The van der Waals surface area contributed by atoms with Gasteiger partial charge in [0.1, 0.15) is 18.5 Å². The zero-order valence-electron chi connectivity index (χ0n) is 18.7. The Morgan fingerprint density at radius 3 is 2.66 bits per heavy atom. The highest BCUT2D eigenvalue weighted by molar-refractivity contribution is 5.74. The Bertz CT molecular complexity index is 1220. The van der Waals surface area contributed by atoms with Crippen molar-refractivity contribution in [3.05, 3.63) is 50.7 Å². The molecule has 1 aliphatic rings. The van der Waals surface area contributed by atoms with Crippen LogP contribution in [0, 0.1) is 0 Å². The third kappa shape index (κ3) is 4.15. The van der Waals surface area contributed by atoms with Gasteiger partial charge in [0.15, 0.2) is 11.2 Å². The van der Waals surface area contributed by atoms with Crippen LogP contribution in [0.15, 0.2) is 33.9 Å². The maximum Gasteiger partial charge on any atom is 0.332 e. The van der Waals surface area contributed by atoms with Crippen LogP contribution in [0.1, 0.15) is 12.5 Å². The molecule has 10 nitrogen and oxygen atoms in total. The summed E-state index contributed by atoms with van der Waals surface area (Å²) in [4.78, 5) is 32.0. The number of anilines is 1. The van der Waals surface area contributed by atoms with Gasteiger partial charge in [-0.15, -0.1) is 0 Å². The smallest absolute Gasteiger partial charge is 0.332 e. The van der Waals surface area contributed by atoms with Gasteiger partial charge in [0.05, 0.1) is 19.8 Å². The molecule has 0 saturated carbocycles. The number of fused-ring (bicyclic) bond motifs is 1. The molecule has 1 aliphatic heterocycles. The van der Waals surface area contributed by atoms with Gasteiger partial charge in [-0.05, 0) is 24.1 Å². The van der Waals surface area contributed by atoms with Gasteiger partial charge in [-0.1, -0.05) is 19.1 Å². The predicted molar refractivity (Wildman–Crippen MR) is 121 cm³/mol. The van der Waals surface area contributed by atoms with E-state index in [9.17, 15) is 14.7 Å². The van der Waals surface area contributed by atoms with Crippen molar-refractivity contribution in [2.24, 2.45) is 14.1 Å². The molecule has 0 radical (unpaired) electrons. The number of rotatable bonds is 7. The molecular weight excluding hydrogens is 414 g/mol. The van der Waals surface area contributed by atoms with Crippen molar-refractivity contribution in [1.29, 1.82) is 0 Å². The van der Waals surface area contributed by atoms with E-state index in [2.05, 4.69) is 11.9 Å². The van der Waals surface area contributed by atoms with E-state index in [0.717, 1.165) is 16.6 Å². The molecule has 1 N–H and O–H groups in total. The normalized spacial score (nSPS) is 15.3. The van der Waals surface area contributed by atoms with Crippen molar-refractivity contribution in [2.75, 3.05) is 37.8 Å². The molecule has 0 amide bonds.